The van der Waals surface area contributed by atoms with E-state index in [9.17, 15) is 30.0 Å². The Bertz CT molecular complexity index is 1230. The molecule has 0 aromatic heterocycles. The predicted octanol–water partition coefficient (Wildman–Crippen LogP) is 9.77. The Morgan fingerprint density at radius 2 is 1.00 bits per heavy atom. The molecule has 10 heteroatoms. The molecule has 0 radical (unpaired) electrons. The Morgan fingerprint density at radius 3 is 1.53 bits per heavy atom. The van der Waals surface area contributed by atoms with Crippen LogP contribution in [0.1, 0.15) is 155 Å². The van der Waals surface area contributed by atoms with Crippen molar-refractivity contribution in [1.82, 2.24) is 0 Å². The van der Waals surface area contributed by atoms with Gasteiger partial charge in [-0.1, -0.05) is 137 Å². The van der Waals surface area contributed by atoms with Gasteiger partial charge in [0.15, 0.2) is 12.4 Å². The Morgan fingerprint density at radius 1 is 0.542 bits per heavy atom. The van der Waals surface area contributed by atoms with E-state index in [2.05, 4.69) is 98.9 Å². The molecule has 10 nitrogen and oxygen atoms in total. The second-order valence-electron chi connectivity index (χ2n) is 15.1. The van der Waals surface area contributed by atoms with Crippen molar-refractivity contribution in [3.8, 4) is 0 Å². The zero-order valence-electron chi connectivity index (χ0n) is 36.5. The lowest BCUT2D eigenvalue weighted by Crippen LogP contribution is -2.59. The maximum atomic E-state index is 12.8. The van der Waals surface area contributed by atoms with Gasteiger partial charge >= 0.3 is 11.9 Å². The third kappa shape index (κ3) is 30.5. The number of rotatable bonds is 36. The van der Waals surface area contributed by atoms with Gasteiger partial charge in [-0.3, -0.25) is 9.59 Å². The summed E-state index contributed by atoms with van der Waals surface area (Å²) in [6.45, 7) is 3.22. The van der Waals surface area contributed by atoms with E-state index in [1.165, 1.54) is 19.3 Å². The lowest BCUT2D eigenvalue weighted by Gasteiger charge is -2.39. The number of ether oxygens (including phenoxy) is 4. The first-order valence-corrected chi connectivity index (χ1v) is 22.7. The molecule has 1 saturated heterocycles. The molecular weight excluding hydrogens is 749 g/mol. The maximum Gasteiger partial charge on any atom is 0.306 e. The largest absolute Gasteiger partial charge is 0.462 e. The summed E-state index contributed by atoms with van der Waals surface area (Å²) in [4.78, 5) is 25.3. The first kappa shape index (κ1) is 53.9. The molecule has 0 saturated carbocycles. The van der Waals surface area contributed by atoms with Gasteiger partial charge in [-0.25, -0.2) is 0 Å². The van der Waals surface area contributed by atoms with Crippen molar-refractivity contribution in [1.29, 1.82) is 0 Å². The number of allylic oxidation sites excluding steroid dienone is 14. The van der Waals surface area contributed by atoms with Crippen molar-refractivity contribution in [3.05, 3.63) is 85.1 Å². The van der Waals surface area contributed by atoms with E-state index in [0.717, 1.165) is 96.3 Å². The molecular formula is C49H80O10. The predicted molar refractivity (Wildman–Crippen MR) is 237 cm³/mol. The molecule has 4 N–H and O–H groups in total. The smallest absolute Gasteiger partial charge is 0.306 e. The van der Waals surface area contributed by atoms with Crippen LogP contribution in [0.5, 0.6) is 0 Å². The van der Waals surface area contributed by atoms with E-state index >= 15 is 0 Å². The van der Waals surface area contributed by atoms with Crippen LogP contribution in [0.2, 0.25) is 0 Å². The fourth-order valence-electron chi connectivity index (χ4n) is 6.18. The number of esters is 2. The van der Waals surface area contributed by atoms with E-state index in [0.29, 0.717) is 12.8 Å². The van der Waals surface area contributed by atoms with Gasteiger partial charge in [0.05, 0.1) is 13.2 Å². The highest BCUT2D eigenvalue weighted by Gasteiger charge is 2.44. The van der Waals surface area contributed by atoms with Gasteiger partial charge in [-0.15, -0.1) is 0 Å². The quantitative estimate of drug-likeness (QED) is 0.0273. The third-order valence-electron chi connectivity index (χ3n) is 9.76. The number of hydrogen-bond donors (Lipinski definition) is 4. The minimum atomic E-state index is -1.61. The summed E-state index contributed by atoms with van der Waals surface area (Å²) in [7, 11) is 0. The first-order valence-electron chi connectivity index (χ1n) is 22.7. The van der Waals surface area contributed by atoms with Gasteiger partial charge in [-0.2, -0.15) is 0 Å². The number of unbranched alkanes of at least 4 members (excludes halogenated alkanes) is 11. The maximum absolute atomic E-state index is 12.8. The summed E-state index contributed by atoms with van der Waals surface area (Å²) < 4.78 is 22.1. The number of aliphatic hydroxyl groups excluding tert-OH is 4. The minimum absolute atomic E-state index is 0.201. The fraction of sp³-hybridized carbons (Fsp3) is 0.673. The van der Waals surface area contributed by atoms with Crippen LogP contribution in [0.4, 0.5) is 0 Å². The molecule has 0 amide bonds. The Labute approximate surface area is 356 Å². The van der Waals surface area contributed by atoms with E-state index in [4.69, 9.17) is 18.9 Å². The molecule has 0 aliphatic carbocycles. The summed E-state index contributed by atoms with van der Waals surface area (Å²) in [6, 6.07) is 0. The van der Waals surface area contributed by atoms with Gasteiger partial charge in [-0.05, 0) is 89.9 Å². The topological polar surface area (TPSA) is 152 Å². The van der Waals surface area contributed by atoms with Gasteiger partial charge in [0.25, 0.3) is 0 Å². The monoisotopic (exact) mass is 829 g/mol. The van der Waals surface area contributed by atoms with Crippen LogP contribution in [-0.4, -0.2) is 89.0 Å². The van der Waals surface area contributed by atoms with Gasteiger partial charge in [0.1, 0.15) is 31.0 Å². The lowest BCUT2D eigenvalue weighted by atomic mass is 9.99. The fourth-order valence-corrected chi connectivity index (χ4v) is 6.18. The SMILES string of the molecule is CC/C=C/C/C=C/C/C=C/C/C=C/C/C=C/CCCCCC(=O)OC[C@@H](CO[C@H]1O[C@@H](CO)[C@@H](O)C(O)C1O)OC(=O)CCCCCCC/C=C/C/C=C/CCCCC. The average Bonchev–Trinajstić information content (AvgIpc) is 3.23. The molecule has 59 heavy (non-hydrogen) atoms. The van der Waals surface area contributed by atoms with Crippen molar-refractivity contribution >= 4 is 11.9 Å². The van der Waals surface area contributed by atoms with E-state index in [-0.39, 0.29) is 26.1 Å². The van der Waals surface area contributed by atoms with Crippen LogP contribution in [0, 0.1) is 0 Å². The van der Waals surface area contributed by atoms with Crippen molar-refractivity contribution in [3.63, 3.8) is 0 Å². The second-order valence-corrected chi connectivity index (χ2v) is 15.1. The van der Waals surface area contributed by atoms with Gasteiger partial charge < -0.3 is 39.4 Å². The highest BCUT2D eigenvalue weighted by molar-refractivity contribution is 5.70. The molecule has 0 aromatic rings. The standard InChI is InChI=1S/C49H80O10/c1-3-5-7-9-11-13-15-17-19-20-21-22-24-25-27-29-31-33-35-37-44(51)56-40-42(41-57-49-48(55)47(54)46(53)43(39-50)59-49)58-45(52)38-36-34-32-30-28-26-23-18-16-14-12-10-8-6-4-2/h5,7,11-14,17-19,21-23,25,27,42-43,46-50,53-55H,3-4,6,8-10,15-16,20,24,26,28-41H2,1-2H3/b7-5+,13-11+,14-12+,19-17+,22-21+,23-18+,27-25+/t42-,43-,46+,47?,48?,49-/m0/s1. The van der Waals surface area contributed by atoms with Crippen LogP contribution in [0.3, 0.4) is 0 Å². The van der Waals surface area contributed by atoms with Crippen molar-refractivity contribution in [2.24, 2.45) is 0 Å². The van der Waals surface area contributed by atoms with Crippen LogP contribution in [0.15, 0.2) is 85.1 Å². The first-order chi connectivity index (χ1) is 28.8. The zero-order chi connectivity index (χ0) is 43.0. The normalized spacial score (nSPS) is 20.8. The highest BCUT2D eigenvalue weighted by atomic mass is 16.7. The Balaban J connectivity index is 2.37. The molecule has 1 heterocycles. The summed E-state index contributed by atoms with van der Waals surface area (Å²) in [5.74, 6) is -0.869. The zero-order valence-corrected chi connectivity index (χ0v) is 36.5. The molecule has 0 aromatic carbocycles. The van der Waals surface area contributed by atoms with Gasteiger partial charge in [0.2, 0.25) is 0 Å². The summed E-state index contributed by atoms with van der Waals surface area (Å²) in [5.41, 5.74) is 0. The molecule has 1 aliphatic heterocycles. The van der Waals surface area contributed by atoms with Gasteiger partial charge in [0, 0.05) is 12.8 Å². The van der Waals surface area contributed by atoms with Crippen LogP contribution < -0.4 is 0 Å². The summed E-state index contributed by atoms with van der Waals surface area (Å²) >= 11 is 0. The van der Waals surface area contributed by atoms with Crippen LogP contribution in [0.25, 0.3) is 0 Å². The number of carbonyl (C=O) groups is 2. The van der Waals surface area contributed by atoms with Crippen LogP contribution >= 0.6 is 0 Å². The number of aliphatic hydroxyl groups is 4. The van der Waals surface area contributed by atoms with Crippen molar-refractivity contribution < 1.29 is 49.0 Å². The molecule has 6 atom stereocenters. The molecule has 1 aliphatic rings. The van der Waals surface area contributed by atoms with Crippen molar-refractivity contribution in [2.75, 3.05) is 19.8 Å². The Hall–Kier alpha value is -3.12. The van der Waals surface area contributed by atoms with E-state index < -0.39 is 55.4 Å². The molecule has 1 rings (SSSR count). The Kier molecular flexibility index (Phi) is 35.7. The summed E-state index contributed by atoms with van der Waals surface area (Å²) in [6.07, 6.45) is 43.0. The van der Waals surface area contributed by atoms with Crippen LogP contribution in [-0.2, 0) is 28.5 Å². The lowest BCUT2D eigenvalue weighted by molar-refractivity contribution is -0.305. The third-order valence-corrected chi connectivity index (χ3v) is 9.76. The highest BCUT2D eigenvalue weighted by Crippen LogP contribution is 2.22. The molecule has 336 valence electrons. The molecule has 1 fully saturated rings. The number of hydrogen-bond acceptors (Lipinski definition) is 10. The van der Waals surface area contributed by atoms with Crippen molar-refractivity contribution in [2.45, 2.75) is 192 Å². The van der Waals surface area contributed by atoms with E-state index in [1.54, 1.807) is 0 Å². The van der Waals surface area contributed by atoms with E-state index in [1.807, 2.05) is 0 Å². The minimum Gasteiger partial charge on any atom is -0.462 e. The summed E-state index contributed by atoms with van der Waals surface area (Å²) in [5, 5.41) is 40.1. The molecule has 0 bridgehead atoms. The number of carbonyl (C=O) groups excluding carboxylic acids is 2. The second kappa shape index (κ2) is 39.0. The average molecular weight is 829 g/mol. The molecule has 0 spiro atoms. The molecule has 2 unspecified atom stereocenters.